The van der Waals surface area contributed by atoms with Gasteiger partial charge in [0, 0.05) is 0 Å². The van der Waals surface area contributed by atoms with Gasteiger partial charge in [0.15, 0.2) is 0 Å². The largest absolute Gasteiger partial charge is 0.103 e. The van der Waals surface area contributed by atoms with E-state index >= 15 is 0 Å². The first-order chi connectivity index (χ1) is 11.8. The second-order valence-electron chi connectivity index (χ2n) is 6.83. The van der Waals surface area contributed by atoms with Crippen LogP contribution < -0.4 is 0 Å². The van der Waals surface area contributed by atoms with Gasteiger partial charge in [-0.15, -0.1) is 6.58 Å². The quantitative estimate of drug-likeness (QED) is 0.500. The first kappa shape index (κ1) is 16.8. The van der Waals surface area contributed by atoms with Gasteiger partial charge in [-0.2, -0.15) is 0 Å². The molecule has 2 aromatic carbocycles. The molecular formula is C24H28. The summed E-state index contributed by atoms with van der Waals surface area (Å²) in [7, 11) is 0. The number of aryl methyl sites for hydroxylation is 1. The molecule has 124 valence electrons. The highest BCUT2D eigenvalue weighted by Gasteiger charge is 2.16. The molecule has 0 radical (unpaired) electrons. The molecule has 1 aliphatic rings. The van der Waals surface area contributed by atoms with Crippen LogP contribution in [-0.2, 0) is 6.42 Å². The summed E-state index contributed by atoms with van der Waals surface area (Å²) >= 11 is 0. The maximum atomic E-state index is 3.82. The lowest BCUT2D eigenvalue weighted by Gasteiger charge is -2.22. The number of allylic oxidation sites excluding steroid dienone is 3. The van der Waals surface area contributed by atoms with Gasteiger partial charge in [-0.3, -0.25) is 0 Å². The van der Waals surface area contributed by atoms with Crippen molar-refractivity contribution >= 4 is 0 Å². The van der Waals surface area contributed by atoms with Crippen molar-refractivity contribution < 1.29 is 0 Å². The summed E-state index contributed by atoms with van der Waals surface area (Å²) in [6.45, 7) is 6.02. The molecule has 1 aliphatic carbocycles. The van der Waals surface area contributed by atoms with Crippen molar-refractivity contribution in [3.63, 3.8) is 0 Å². The second kappa shape index (κ2) is 8.15. The molecule has 0 nitrogen and oxygen atoms in total. The summed E-state index contributed by atoms with van der Waals surface area (Å²) in [4.78, 5) is 0. The van der Waals surface area contributed by atoms with Gasteiger partial charge in [0.25, 0.3) is 0 Å². The molecule has 0 spiro atoms. The van der Waals surface area contributed by atoms with Crippen LogP contribution in [0.4, 0.5) is 0 Å². The normalized spacial score (nSPS) is 17.4. The Morgan fingerprint density at radius 3 is 2.21 bits per heavy atom. The molecular weight excluding hydrogens is 288 g/mol. The monoisotopic (exact) mass is 316 g/mol. The third-order valence-corrected chi connectivity index (χ3v) is 5.25. The molecule has 3 rings (SSSR count). The Bertz CT molecular complexity index is 686. The minimum atomic E-state index is 0.689. The van der Waals surface area contributed by atoms with Gasteiger partial charge in [-0.1, -0.05) is 73.2 Å². The maximum Gasteiger partial charge on any atom is -0.0124 e. The van der Waals surface area contributed by atoms with E-state index in [-0.39, 0.29) is 0 Å². The van der Waals surface area contributed by atoms with E-state index in [0.717, 1.165) is 12.8 Å². The highest BCUT2D eigenvalue weighted by molar-refractivity contribution is 5.64. The second-order valence-corrected chi connectivity index (χ2v) is 6.83. The topological polar surface area (TPSA) is 0 Å². The summed E-state index contributed by atoms with van der Waals surface area (Å²) < 4.78 is 0. The predicted molar refractivity (Wildman–Crippen MR) is 105 cm³/mol. The molecule has 24 heavy (non-hydrogen) atoms. The third-order valence-electron chi connectivity index (χ3n) is 5.25. The van der Waals surface area contributed by atoms with Crippen LogP contribution in [0.1, 0.15) is 56.1 Å². The van der Waals surface area contributed by atoms with Crippen LogP contribution in [0.25, 0.3) is 11.1 Å². The zero-order chi connectivity index (χ0) is 16.8. The molecule has 0 aliphatic heterocycles. The van der Waals surface area contributed by atoms with Crippen LogP contribution in [0, 0.1) is 0 Å². The molecule has 0 heteroatoms. The van der Waals surface area contributed by atoms with Gasteiger partial charge in [0.2, 0.25) is 0 Å². The van der Waals surface area contributed by atoms with Gasteiger partial charge in [-0.05, 0) is 66.7 Å². The zero-order valence-electron chi connectivity index (χ0n) is 14.8. The fourth-order valence-electron chi connectivity index (χ4n) is 3.59. The molecule has 0 bridgehead atoms. The Morgan fingerprint density at radius 1 is 1.00 bits per heavy atom. The first-order valence-electron chi connectivity index (χ1n) is 9.28. The lowest BCUT2D eigenvalue weighted by Crippen LogP contribution is -2.04. The molecule has 2 aromatic rings. The zero-order valence-corrected chi connectivity index (χ0v) is 14.8. The van der Waals surface area contributed by atoms with Crippen LogP contribution in [-0.4, -0.2) is 0 Å². The average Bonchev–Trinajstić information content (AvgIpc) is 2.67. The van der Waals surface area contributed by atoms with Gasteiger partial charge in [0.05, 0.1) is 0 Å². The van der Waals surface area contributed by atoms with Crippen molar-refractivity contribution in [1.82, 2.24) is 0 Å². The van der Waals surface area contributed by atoms with E-state index in [9.17, 15) is 0 Å². The van der Waals surface area contributed by atoms with Gasteiger partial charge >= 0.3 is 0 Å². The summed E-state index contributed by atoms with van der Waals surface area (Å²) in [5, 5.41) is 0. The van der Waals surface area contributed by atoms with Crippen LogP contribution in [0.3, 0.4) is 0 Å². The van der Waals surface area contributed by atoms with Crippen molar-refractivity contribution in [3.8, 4) is 11.1 Å². The molecule has 0 amide bonds. The van der Waals surface area contributed by atoms with E-state index in [2.05, 4.69) is 68.1 Å². The van der Waals surface area contributed by atoms with Crippen molar-refractivity contribution in [2.45, 2.75) is 51.4 Å². The molecule has 0 N–H and O–H groups in total. The Balaban J connectivity index is 1.66. The van der Waals surface area contributed by atoms with Crippen molar-refractivity contribution in [3.05, 3.63) is 84.0 Å². The van der Waals surface area contributed by atoms with Crippen molar-refractivity contribution in [2.24, 2.45) is 0 Å². The third kappa shape index (κ3) is 4.06. The molecule has 0 fully saturated rings. The van der Waals surface area contributed by atoms with Crippen LogP contribution in [0.15, 0.2) is 72.8 Å². The number of hydrogen-bond donors (Lipinski definition) is 0. The van der Waals surface area contributed by atoms with E-state index in [1.165, 1.54) is 47.9 Å². The predicted octanol–water partition coefficient (Wildman–Crippen LogP) is 7.08. The van der Waals surface area contributed by atoms with E-state index in [4.69, 9.17) is 0 Å². The smallest absolute Gasteiger partial charge is 0.0124 e. The first-order valence-corrected chi connectivity index (χ1v) is 9.28. The van der Waals surface area contributed by atoms with Crippen molar-refractivity contribution in [2.75, 3.05) is 0 Å². The van der Waals surface area contributed by atoms with Crippen molar-refractivity contribution in [1.29, 1.82) is 0 Å². The number of benzene rings is 2. The van der Waals surface area contributed by atoms with Crippen LogP contribution in [0.2, 0.25) is 0 Å². The SMILES string of the molecule is C=CCCC1=CCC(c2ccc(-c3ccc(CC)cc3)cc2)CC1. The summed E-state index contributed by atoms with van der Waals surface area (Å²) in [5.41, 5.74) is 7.15. The molecule has 1 unspecified atom stereocenters. The Hall–Kier alpha value is -2.08. The Labute approximate surface area is 146 Å². The highest BCUT2D eigenvalue weighted by Crippen LogP contribution is 2.34. The van der Waals surface area contributed by atoms with E-state index in [0.29, 0.717) is 5.92 Å². The Kier molecular flexibility index (Phi) is 5.69. The summed E-state index contributed by atoms with van der Waals surface area (Å²) in [5.74, 6) is 0.689. The Morgan fingerprint density at radius 2 is 1.67 bits per heavy atom. The molecule has 0 saturated carbocycles. The molecule has 1 atom stereocenters. The highest BCUT2D eigenvalue weighted by atomic mass is 14.2. The lowest BCUT2D eigenvalue weighted by atomic mass is 9.83. The summed E-state index contributed by atoms with van der Waals surface area (Å²) in [6, 6.07) is 18.2. The molecule has 0 saturated heterocycles. The fourth-order valence-corrected chi connectivity index (χ4v) is 3.59. The molecule has 0 heterocycles. The summed E-state index contributed by atoms with van der Waals surface area (Å²) in [6.07, 6.45) is 11.6. The van der Waals surface area contributed by atoms with Gasteiger partial charge in [0.1, 0.15) is 0 Å². The van der Waals surface area contributed by atoms with E-state index in [1.807, 2.05) is 6.08 Å². The van der Waals surface area contributed by atoms with Crippen LogP contribution in [0.5, 0.6) is 0 Å². The van der Waals surface area contributed by atoms with E-state index in [1.54, 1.807) is 5.57 Å². The van der Waals surface area contributed by atoms with E-state index < -0.39 is 0 Å². The lowest BCUT2D eigenvalue weighted by molar-refractivity contribution is 0.586. The minimum absolute atomic E-state index is 0.689. The average molecular weight is 316 g/mol. The van der Waals surface area contributed by atoms with Crippen LogP contribution >= 0.6 is 0 Å². The fraction of sp³-hybridized carbons (Fsp3) is 0.333. The van der Waals surface area contributed by atoms with Gasteiger partial charge < -0.3 is 0 Å². The molecule has 0 aromatic heterocycles. The van der Waals surface area contributed by atoms with Gasteiger partial charge in [-0.25, -0.2) is 0 Å². The number of rotatable bonds is 6. The minimum Gasteiger partial charge on any atom is -0.103 e. The standard InChI is InChI=1S/C24H28/c1-3-5-6-20-9-13-22(14-10-20)24-17-15-23(16-18-24)21-11-7-19(4-2)8-12-21/h3,7-9,11-12,15-18,22H,1,4-6,10,13-14H2,2H3. The number of hydrogen-bond acceptors (Lipinski definition) is 0. The maximum absolute atomic E-state index is 3.82.